The molecule has 0 spiro atoms. The number of ether oxygens (including phenoxy) is 1. The monoisotopic (exact) mass is 244 g/mol. The molecule has 1 aromatic carbocycles. The lowest BCUT2D eigenvalue weighted by Crippen LogP contribution is -2.02. The van der Waals surface area contributed by atoms with E-state index in [9.17, 15) is 8.76 Å². The van der Waals surface area contributed by atoms with E-state index in [1.165, 1.54) is 0 Å². The number of unbranched alkanes of at least 4 members (excludes halogenated alkanes) is 1. The van der Waals surface area contributed by atoms with E-state index in [4.69, 9.17) is 10.5 Å². The summed E-state index contributed by atoms with van der Waals surface area (Å²) in [7, 11) is 0. The number of anilines is 1. The van der Waals surface area contributed by atoms with Gasteiger partial charge in [-0.3, -0.25) is 0 Å². The van der Waals surface area contributed by atoms with Crippen LogP contribution in [0.2, 0.25) is 0 Å². The molecule has 0 heterocycles. The molecule has 0 amide bonds. The van der Waals surface area contributed by atoms with Gasteiger partial charge in [-0.2, -0.15) is 0 Å². The highest BCUT2D eigenvalue weighted by Crippen LogP contribution is 2.13. The van der Waals surface area contributed by atoms with Crippen LogP contribution in [0.25, 0.3) is 0 Å². The van der Waals surface area contributed by atoms with E-state index in [1.807, 2.05) is 0 Å². The molecule has 0 radical (unpaired) electrons. The molecule has 90 valence electrons. The lowest BCUT2D eigenvalue weighted by Gasteiger charge is -2.07. The van der Waals surface area contributed by atoms with E-state index in [-0.39, 0.29) is 6.61 Å². The van der Waals surface area contributed by atoms with Gasteiger partial charge < -0.3 is 19.2 Å². The molecule has 0 aliphatic heterocycles. The fraction of sp³-hybridized carbons (Fsp3) is 0.400. The van der Waals surface area contributed by atoms with Crippen molar-refractivity contribution in [3.8, 4) is 5.75 Å². The fourth-order valence-corrected chi connectivity index (χ4v) is 1.34. The van der Waals surface area contributed by atoms with E-state index in [0.29, 0.717) is 18.7 Å². The van der Waals surface area contributed by atoms with Crippen molar-refractivity contribution >= 4 is 17.0 Å². The maximum Gasteiger partial charge on any atom is 0.119 e. The molecule has 1 aromatic rings. The number of benzene rings is 1. The second-order valence-corrected chi connectivity index (χ2v) is 3.79. The first kappa shape index (κ1) is 13.0. The lowest BCUT2D eigenvalue weighted by atomic mass is 10.3. The molecule has 0 aromatic heterocycles. The van der Waals surface area contributed by atoms with E-state index in [2.05, 4.69) is 4.18 Å². The summed E-state index contributed by atoms with van der Waals surface area (Å²) in [6.07, 6.45) is 1.38. The third-order valence-corrected chi connectivity index (χ3v) is 2.23. The highest BCUT2D eigenvalue weighted by molar-refractivity contribution is 7.74. The Balaban J connectivity index is 2.07. The summed E-state index contributed by atoms with van der Waals surface area (Å²) in [6.45, 7) is 0.722. The summed E-state index contributed by atoms with van der Waals surface area (Å²) < 4.78 is 29.8. The number of hydrogen-bond acceptors (Lipinski definition) is 5. The third-order valence-electron chi connectivity index (χ3n) is 1.87. The van der Waals surface area contributed by atoms with E-state index in [0.717, 1.165) is 12.2 Å². The van der Waals surface area contributed by atoms with Gasteiger partial charge in [-0.25, -0.2) is 4.21 Å². The van der Waals surface area contributed by atoms with Crippen LogP contribution in [0.5, 0.6) is 5.75 Å². The molecule has 1 rings (SSSR count). The standard InChI is InChI=1S/C10H15NO4S/c11-9-3-5-10(6-4-9)14-7-1-2-8-15-16(12)13/h3-6H,1-2,7-8,11H2,(H,12,13)/p-1. The van der Waals surface area contributed by atoms with Crippen LogP contribution in [0.15, 0.2) is 24.3 Å². The Hall–Kier alpha value is -1.11. The summed E-state index contributed by atoms with van der Waals surface area (Å²) in [6, 6.07) is 7.11. The van der Waals surface area contributed by atoms with Crippen LogP contribution in [0.3, 0.4) is 0 Å². The fourth-order valence-electron chi connectivity index (χ4n) is 1.09. The van der Waals surface area contributed by atoms with Crippen LogP contribution >= 0.6 is 0 Å². The van der Waals surface area contributed by atoms with Crippen molar-refractivity contribution in [1.29, 1.82) is 0 Å². The van der Waals surface area contributed by atoms with Crippen molar-refractivity contribution in [1.82, 2.24) is 0 Å². The van der Waals surface area contributed by atoms with Gasteiger partial charge in [0, 0.05) is 5.69 Å². The van der Waals surface area contributed by atoms with E-state index >= 15 is 0 Å². The van der Waals surface area contributed by atoms with Gasteiger partial charge in [0.05, 0.1) is 24.6 Å². The minimum atomic E-state index is -2.41. The molecule has 16 heavy (non-hydrogen) atoms. The van der Waals surface area contributed by atoms with Crippen molar-refractivity contribution in [2.75, 3.05) is 18.9 Å². The zero-order chi connectivity index (χ0) is 11.8. The predicted molar refractivity (Wildman–Crippen MR) is 60.5 cm³/mol. The predicted octanol–water partition coefficient (Wildman–Crippen LogP) is 1.24. The maximum atomic E-state index is 10.0. The lowest BCUT2D eigenvalue weighted by molar-refractivity contribution is 0.262. The van der Waals surface area contributed by atoms with Gasteiger partial charge in [0.2, 0.25) is 0 Å². The van der Waals surface area contributed by atoms with Crippen LogP contribution in [0.4, 0.5) is 5.69 Å². The van der Waals surface area contributed by atoms with E-state index in [1.54, 1.807) is 24.3 Å². The van der Waals surface area contributed by atoms with Crippen molar-refractivity contribution in [3.63, 3.8) is 0 Å². The van der Waals surface area contributed by atoms with Crippen LogP contribution < -0.4 is 10.5 Å². The van der Waals surface area contributed by atoms with Crippen molar-refractivity contribution in [2.24, 2.45) is 0 Å². The van der Waals surface area contributed by atoms with Gasteiger partial charge in [0.25, 0.3) is 0 Å². The molecule has 0 aliphatic rings. The van der Waals surface area contributed by atoms with Crippen LogP contribution in [-0.4, -0.2) is 22.0 Å². The Morgan fingerprint density at radius 1 is 1.19 bits per heavy atom. The summed E-state index contributed by atoms with van der Waals surface area (Å²) in [5.41, 5.74) is 6.21. The second kappa shape index (κ2) is 7.21. The summed E-state index contributed by atoms with van der Waals surface area (Å²) in [4.78, 5) is 0. The molecule has 5 nitrogen and oxygen atoms in total. The average molecular weight is 244 g/mol. The molecule has 0 aliphatic carbocycles. The quantitative estimate of drug-likeness (QED) is 0.443. The third kappa shape index (κ3) is 5.69. The summed E-state index contributed by atoms with van der Waals surface area (Å²) in [5.74, 6) is 0.752. The Morgan fingerprint density at radius 2 is 1.81 bits per heavy atom. The maximum absolute atomic E-state index is 10.0. The summed E-state index contributed by atoms with van der Waals surface area (Å²) in [5, 5.41) is 0. The number of nitrogen functional groups attached to an aromatic ring is 1. The van der Waals surface area contributed by atoms with Crippen LogP contribution in [0.1, 0.15) is 12.8 Å². The van der Waals surface area contributed by atoms with Crippen molar-refractivity contribution in [2.45, 2.75) is 12.8 Å². The minimum Gasteiger partial charge on any atom is -0.750 e. The van der Waals surface area contributed by atoms with Crippen molar-refractivity contribution in [3.05, 3.63) is 24.3 Å². The topological polar surface area (TPSA) is 84.6 Å². The SMILES string of the molecule is Nc1ccc(OCCCCOS(=O)[O-])cc1. The summed E-state index contributed by atoms with van der Waals surface area (Å²) >= 11 is -2.41. The molecule has 0 saturated heterocycles. The Bertz CT molecular complexity index is 328. The van der Waals surface area contributed by atoms with Gasteiger partial charge in [-0.15, -0.1) is 0 Å². The molecule has 6 heteroatoms. The molecular weight excluding hydrogens is 230 g/mol. The Morgan fingerprint density at radius 3 is 2.44 bits per heavy atom. The van der Waals surface area contributed by atoms with E-state index < -0.39 is 11.4 Å². The number of nitrogens with two attached hydrogens (primary N) is 1. The first-order valence-corrected chi connectivity index (χ1v) is 5.89. The van der Waals surface area contributed by atoms with Gasteiger partial charge in [0.1, 0.15) is 5.75 Å². The average Bonchev–Trinajstić information content (AvgIpc) is 2.25. The largest absolute Gasteiger partial charge is 0.750 e. The molecule has 0 saturated carbocycles. The highest BCUT2D eigenvalue weighted by atomic mass is 32.2. The van der Waals surface area contributed by atoms with Crippen LogP contribution in [0, 0.1) is 0 Å². The molecule has 2 N–H and O–H groups in total. The molecule has 0 fully saturated rings. The first-order chi connectivity index (χ1) is 7.68. The Labute approximate surface area is 97.0 Å². The van der Waals surface area contributed by atoms with Gasteiger partial charge in [-0.05, 0) is 37.1 Å². The number of rotatable bonds is 7. The Kier molecular flexibility index (Phi) is 5.84. The molecule has 0 bridgehead atoms. The normalized spacial score (nSPS) is 12.3. The van der Waals surface area contributed by atoms with Gasteiger partial charge in [0.15, 0.2) is 0 Å². The van der Waals surface area contributed by atoms with Gasteiger partial charge in [-0.1, -0.05) is 0 Å². The smallest absolute Gasteiger partial charge is 0.119 e. The highest BCUT2D eigenvalue weighted by Gasteiger charge is 1.94. The first-order valence-electron chi connectivity index (χ1n) is 4.89. The molecular formula is C10H14NO4S-. The molecule has 1 unspecified atom stereocenters. The second-order valence-electron chi connectivity index (χ2n) is 3.15. The van der Waals surface area contributed by atoms with Crippen LogP contribution in [-0.2, 0) is 15.5 Å². The zero-order valence-corrected chi connectivity index (χ0v) is 9.57. The zero-order valence-electron chi connectivity index (χ0n) is 8.76. The number of hydrogen-bond donors (Lipinski definition) is 1. The van der Waals surface area contributed by atoms with Gasteiger partial charge >= 0.3 is 0 Å². The molecule has 1 atom stereocenters. The minimum absolute atomic E-state index is 0.196. The van der Waals surface area contributed by atoms with Crippen molar-refractivity contribution < 1.29 is 17.7 Å².